The van der Waals surface area contributed by atoms with Crippen molar-refractivity contribution in [1.82, 2.24) is 0 Å². The second kappa shape index (κ2) is 8.76. The fraction of sp³-hybridized carbons (Fsp3) is 0.350. The molecule has 5 nitrogen and oxygen atoms in total. The van der Waals surface area contributed by atoms with Crippen LogP contribution in [-0.2, 0) is 27.7 Å². The molecule has 2 rings (SSSR count). The van der Waals surface area contributed by atoms with Gasteiger partial charge in [-0.15, -0.1) is 0 Å². The highest BCUT2D eigenvalue weighted by Gasteiger charge is 2.29. The van der Waals surface area contributed by atoms with E-state index in [1.54, 1.807) is 31.2 Å². The topological polar surface area (TPSA) is 66.5 Å². The largest absolute Gasteiger partial charge is 0.324 e. The van der Waals surface area contributed by atoms with E-state index in [4.69, 9.17) is 11.6 Å². The quantitative estimate of drug-likeness (QED) is 0.744. The summed E-state index contributed by atoms with van der Waals surface area (Å²) < 4.78 is 25.9. The van der Waals surface area contributed by atoms with Crippen LogP contribution in [0.25, 0.3) is 0 Å². The van der Waals surface area contributed by atoms with Crippen molar-refractivity contribution in [3.05, 3.63) is 58.6 Å². The van der Waals surface area contributed by atoms with Crippen LogP contribution in [-0.4, -0.2) is 26.6 Å². The number of rotatable bonds is 7. The Balaban J connectivity index is 2.38. The van der Waals surface area contributed by atoms with Gasteiger partial charge in [-0.3, -0.25) is 9.10 Å². The molecule has 0 aromatic heterocycles. The maximum absolute atomic E-state index is 12.9. The molecule has 146 valence electrons. The minimum absolute atomic E-state index is 0.383. The minimum Gasteiger partial charge on any atom is -0.324 e. The SMILES string of the molecule is CCc1cccc(CC)c1NC(=O)C(C)N(c1ccc(Cl)cc1)S(C)(=O)=O. The number of anilines is 2. The average molecular weight is 409 g/mol. The van der Waals surface area contributed by atoms with Gasteiger partial charge in [-0.2, -0.15) is 0 Å². The van der Waals surface area contributed by atoms with Gasteiger partial charge in [-0.05, 0) is 55.2 Å². The molecule has 0 fully saturated rings. The monoisotopic (exact) mass is 408 g/mol. The summed E-state index contributed by atoms with van der Waals surface area (Å²) in [6.45, 7) is 5.61. The zero-order valence-corrected chi connectivity index (χ0v) is 17.6. The van der Waals surface area contributed by atoms with E-state index in [2.05, 4.69) is 5.32 Å². The highest BCUT2D eigenvalue weighted by Crippen LogP contribution is 2.26. The lowest BCUT2D eigenvalue weighted by molar-refractivity contribution is -0.116. The molecule has 2 aromatic rings. The maximum atomic E-state index is 12.9. The molecule has 0 radical (unpaired) electrons. The van der Waals surface area contributed by atoms with Crippen LogP contribution in [0, 0.1) is 0 Å². The first-order chi connectivity index (χ1) is 12.7. The molecule has 1 unspecified atom stereocenters. The van der Waals surface area contributed by atoms with Gasteiger partial charge in [-0.25, -0.2) is 8.42 Å². The molecule has 0 saturated heterocycles. The minimum atomic E-state index is -3.67. The lowest BCUT2D eigenvalue weighted by Crippen LogP contribution is -2.45. The highest BCUT2D eigenvalue weighted by molar-refractivity contribution is 7.92. The number of nitrogens with one attached hydrogen (secondary N) is 1. The van der Waals surface area contributed by atoms with Gasteiger partial charge in [0.25, 0.3) is 0 Å². The van der Waals surface area contributed by atoms with Crippen LogP contribution in [0.15, 0.2) is 42.5 Å². The Bertz CT molecular complexity index is 889. The van der Waals surface area contributed by atoms with Gasteiger partial charge in [0.05, 0.1) is 11.9 Å². The number of carbonyl (C=O) groups is 1. The lowest BCUT2D eigenvalue weighted by Gasteiger charge is -2.29. The molecule has 0 saturated carbocycles. The van der Waals surface area contributed by atoms with Gasteiger partial charge in [-0.1, -0.05) is 43.6 Å². The van der Waals surface area contributed by atoms with E-state index in [1.807, 2.05) is 32.0 Å². The second-order valence-corrected chi connectivity index (χ2v) is 8.65. The van der Waals surface area contributed by atoms with E-state index < -0.39 is 16.1 Å². The first kappa shape index (κ1) is 21.3. The lowest BCUT2D eigenvalue weighted by atomic mass is 10.0. The number of amides is 1. The average Bonchev–Trinajstić information content (AvgIpc) is 2.62. The van der Waals surface area contributed by atoms with Crippen molar-refractivity contribution in [3.8, 4) is 0 Å². The highest BCUT2D eigenvalue weighted by atomic mass is 35.5. The Kier molecular flexibility index (Phi) is 6.89. The molecule has 0 bridgehead atoms. The van der Waals surface area contributed by atoms with Crippen molar-refractivity contribution in [3.63, 3.8) is 0 Å². The van der Waals surface area contributed by atoms with Gasteiger partial charge < -0.3 is 5.32 Å². The number of hydrogen-bond acceptors (Lipinski definition) is 3. The van der Waals surface area contributed by atoms with Crippen molar-refractivity contribution in [1.29, 1.82) is 0 Å². The molecule has 0 aliphatic carbocycles. The van der Waals surface area contributed by atoms with E-state index in [-0.39, 0.29) is 5.91 Å². The van der Waals surface area contributed by atoms with Crippen molar-refractivity contribution in [2.45, 2.75) is 39.7 Å². The standard InChI is InChI=1S/C20H25ClN2O3S/c1-5-15-8-7-9-16(6-2)19(15)22-20(24)14(3)23(27(4,25)26)18-12-10-17(21)11-13-18/h7-14H,5-6H2,1-4H3,(H,22,24). The molecule has 1 N–H and O–H groups in total. The number of hydrogen-bond donors (Lipinski definition) is 1. The van der Waals surface area contributed by atoms with Gasteiger partial charge in [0.2, 0.25) is 15.9 Å². The van der Waals surface area contributed by atoms with Crippen LogP contribution in [0.2, 0.25) is 5.02 Å². The first-order valence-electron chi connectivity index (χ1n) is 8.85. The van der Waals surface area contributed by atoms with Gasteiger partial charge in [0, 0.05) is 10.7 Å². The van der Waals surface area contributed by atoms with Crippen LogP contribution in [0.4, 0.5) is 11.4 Å². The van der Waals surface area contributed by atoms with Crippen LogP contribution >= 0.6 is 11.6 Å². The second-order valence-electron chi connectivity index (χ2n) is 6.36. The van der Waals surface area contributed by atoms with Crippen molar-refractivity contribution >= 4 is 38.9 Å². The molecule has 2 aromatic carbocycles. The third-order valence-electron chi connectivity index (χ3n) is 4.42. The summed E-state index contributed by atoms with van der Waals surface area (Å²) in [4.78, 5) is 12.9. The molecule has 1 atom stereocenters. The summed E-state index contributed by atoms with van der Waals surface area (Å²) in [5.74, 6) is -0.383. The molecule has 1 amide bonds. The maximum Gasteiger partial charge on any atom is 0.248 e. The van der Waals surface area contributed by atoms with E-state index in [9.17, 15) is 13.2 Å². The first-order valence-corrected chi connectivity index (χ1v) is 11.1. The number of aryl methyl sites for hydroxylation is 2. The molecule has 7 heteroatoms. The summed E-state index contributed by atoms with van der Waals surface area (Å²) in [7, 11) is -3.67. The van der Waals surface area contributed by atoms with Crippen molar-refractivity contribution in [2.75, 3.05) is 15.9 Å². The van der Waals surface area contributed by atoms with E-state index in [1.165, 1.54) is 0 Å². The third kappa shape index (κ3) is 5.02. The summed E-state index contributed by atoms with van der Waals surface area (Å²) in [5, 5.41) is 3.44. The molecular formula is C20H25ClN2O3S. The molecule has 0 aliphatic heterocycles. The van der Waals surface area contributed by atoms with Gasteiger partial charge in [0.15, 0.2) is 0 Å². The van der Waals surface area contributed by atoms with Crippen molar-refractivity contribution in [2.24, 2.45) is 0 Å². The van der Waals surface area contributed by atoms with E-state index >= 15 is 0 Å². The Hall–Kier alpha value is -2.05. The smallest absolute Gasteiger partial charge is 0.248 e. The number of sulfonamides is 1. The number of nitrogens with zero attached hydrogens (tertiary/aromatic N) is 1. The van der Waals surface area contributed by atoms with E-state index in [0.29, 0.717) is 10.7 Å². The van der Waals surface area contributed by atoms with Gasteiger partial charge in [0.1, 0.15) is 6.04 Å². The third-order valence-corrected chi connectivity index (χ3v) is 5.91. The fourth-order valence-electron chi connectivity index (χ4n) is 3.03. The molecule has 0 aliphatic rings. The predicted molar refractivity (Wildman–Crippen MR) is 112 cm³/mol. The van der Waals surface area contributed by atoms with Crippen molar-refractivity contribution < 1.29 is 13.2 Å². The van der Waals surface area contributed by atoms with Crippen LogP contribution < -0.4 is 9.62 Å². The molecule has 27 heavy (non-hydrogen) atoms. The summed E-state index contributed by atoms with van der Waals surface area (Å²) in [5.41, 5.74) is 3.20. The predicted octanol–water partition coefficient (Wildman–Crippen LogP) is 4.26. The normalized spacial score (nSPS) is 12.5. The summed E-state index contributed by atoms with van der Waals surface area (Å²) in [6, 6.07) is 11.3. The zero-order chi connectivity index (χ0) is 20.2. The van der Waals surface area contributed by atoms with E-state index in [0.717, 1.165) is 40.2 Å². The molecule has 0 heterocycles. The van der Waals surface area contributed by atoms with Crippen LogP contribution in [0.5, 0.6) is 0 Å². The Morgan fingerprint density at radius 1 is 1.07 bits per heavy atom. The Morgan fingerprint density at radius 3 is 2.04 bits per heavy atom. The van der Waals surface area contributed by atoms with Crippen LogP contribution in [0.3, 0.4) is 0 Å². The number of benzene rings is 2. The number of halogens is 1. The Labute approximate surface area is 166 Å². The van der Waals surface area contributed by atoms with Crippen LogP contribution in [0.1, 0.15) is 31.9 Å². The fourth-order valence-corrected chi connectivity index (χ4v) is 4.33. The van der Waals surface area contributed by atoms with Gasteiger partial charge >= 0.3 is 0 Å². The Morgan fingerprint density at radius 2 is 1.59 bits per heavy atom. The molecule has 0 spiro atoms. The molecular weight excluding hydrogens is 384 g/mol. The summed E-state index contributed by atoms with van der Waals surface area (Å²) in [6.07, 6.45) is 2.62. The zero-order valence-electron chi connectivity index (χ0n) is 16.0. The summed E-state index contributed by atoms with van der Waals surface area (Å²) >= 11 is 5.90. The number of carbonyl (C=O) groups excluding carboxylic acids is 1. The number of para-hydroxylation sites is 1.